The molecule has 0 unspecified atom stereocenters. The second-order valence-corrected chi connectivity index (χ2v) is 5.26. The Balaban J connectivity index is 2.71. The van der Waals surface area contributed by atoms with Crippen molar-refractivity contribution >= 4 is 12.0 Å². The number of H-pyrrole nitrogens is 1. The minimum absolute atomic E-state index is 0.159. The molecule has 128 valence electrons. The molecule has 1 heterocycles. The molecule has 0 saturated carbocycles. The van der Waals surface area contributed by atoms with Gasteiger partial charge in [0.15, 0.2) is 0 Å². The van der Waals surface area contributed by atoms with Crippen LogP contribution < -0.4 is 16.2 Å². The monoisotopic (exact) mass is 325 g/mol. The summed E-state index contributed by atoms with van der Waals surface area (Å²) >= 11 is 0. The van der Waals surface area contributed by atoms with Crippen molar-refractivity contribution in [3.05, 3.63) is 34.2 Å². The van der Waals surface area contributed by atoms with Crippen molar-refractivity contribution in [2.75, 3.05) is 6.61 Å². The molecule has 0 fully saturated rings. The number of aromatic amines is 1. The molecule has 0 spiro atoms. The van der Waals surface area contributed by atoms with Crippen molar-refractivity contribution < 1.29 is 19.8 Å². The quantitative estimate of drug-likeness (QED) is 0.443. The van der Waals surface area contributed by atoms with E-state index in [0.29, 0.717) is 18.4 Å². The second kappa shape index (κ2) is 9.62. The number of amides is 2. The number of aliphatic hydroxyl groups excluding tert-OH is 1. The van der Waals surface area contributed by atoms with E-state index in [1.54, 1.807) is 12.1 Å². The van der Waals surface area contributed by atoms with Crippen molar-refractivity contribution in [1.29, 1.82) is 0 Å². The first kappa shape index (κ1) is 18.7. The number of aromatic nitrogens is 1. The summed E-state index contributed by atoms with van der Waals surface area (Å²) in [4.78, 5) is 37.1. The summed E-state index contributed by atoms with van der Waals surface area (Å²) in [5, 5.41) is 23.0. The number of aliphatic hydroxyl groups is 1. The summed E-state index contributed by atoms with van der Waals surface area (Å²) < 4.78 is 0. The van der Waals surface area contributed by atoms with Crippen LogP contribution >= 0.6 is 0 Å². The van der Waals surface area contributed by atoms with E-state index < -0.39 is 24.1 Å². The molecule has 1 rings (SSSR count). The maximum Gasteiger partial charge on any atom is 0.405 e. The Morgan fingerprint density at radius 3 is 2.65 bits per heavy atom. The van der Waals surface area contributed by atoms with Crippen LogP contribution in [0.3, 0.4) is 0 Å². The lowest BCUT2D eigenvalue weighted by Crippen LogP contribution is -2.51. The minimum atomic E-state index is -1.28. The summed E-state index contributed by atoms with van der Waals surface area (Å²) in [5.41, 5.74) is 0.148. The Morgan fingerprint density at radius 1 is 1.35 bits per heavy atom. The van der Waals surface area contributed by atoms with Crippen molar-refractivity contribution in [2.45, 2.75) is 44.7 Å². The zero-order chi connectivity index (χ0) is 17.2. The minimum Gasteiger partial charge on any atom is -0.465 e. The first-order valence-electron chi connectivity index (χ1n) is 7.55. The van der Waals surface area contributed by atoms with Gasteiger partial charge in [0.05, 0.1) is 12.6 Å². The summed E-state index contributed by atoms with van der Waals surface area (Å²) in [5.74, 6) is -0.507. The number of carbonyl (C=O) groups is 2. The fourth-order valence-corrected chi connectivity index (χ4v) is 2.17. The number of carboxylic acid groups (broad SMARTS) is 1. The van der Waals surface area contributed by atoms with Gasteiger partial charge in [0.2, 0.25) is 5.91 Å². The molecule has 0 radical (unpaired) electrons. The predicted octanol–water partition coefficient (Wildman–Crippen LogP) is 0.221. The Hall–Kier alpha value is -2.35. The highest BCUT2D eigenvalue weighted by Crippen LogP contribution is 2.03. The smallest absolute Gasteiger partial charge is 0.405 e. The Labute approximate surface area is 133 Å². The topological polar surface area (TPSA) is 132 Å². The molecular weight excluding hydrogens is 302 g/mol. The van der Waals surface area contributed by atoms with E-state index in [0.717, 1.165) is 6.42 Å². The van der Waals surface area contributed by atoms with E-state index in [1.807, 2.05) is 6.92 Å². The van der Waals surface area contributed by atoms with Crippen molar-refractivity contribution in [3.8, 4) is 0 Å². The average molecular weight is 325 g/mol. The number of pyridine rings is 1. The molecule has 23 heavy (non-hydrogen) atoms. The Kier molecular flexibility index (Phi) is 7.82. The molecule has 0 aromatic carbocycles. The molecule has 1 aromatic rings. The summed E-state index contributed by atoms with van der Waals surface area (Å²) in [6, 6.07) is 1.72. The molecule has 2 amide bonds. The van der Waals surface area contributed by atoms with Gasteiger partial charge in [-0.3, -0.25) is 9.59 Å². The highest BCUT2D eigenvalue weighted by Gasteiger charge is 2.23. The van der Waals surface area contributed by atoms with E-state index in [2.05, 4.69) is 15.6 Å². The van der Waals surface area contributed by atoms with Crippen LogP contribution in [-0.2, 0) is 11.2 Å². The lowest BCUT2D eigenvalue weighted by molar-refractivity contribution is -0.124. The highest BCUT2D eigenvalue weighted by atomic mass is 16.4. The van der Waals surface area contributed by atoms with Crippen LogP contribution in [0, 0.1) is 0 Å². The van der Waals surface area contributed by atoms with Crippen LogP contribution in [0.4, 0.5) is 4.79 Å². The number of nitrogens with one attached hydrogen (secondary N) is 3. The number of hydrogen-bond acceptors (Lipinski definition) is 4. The largest absolute Gasteiger partial charge is 0.465 e. The molecule has 0 aliphatic heterocycles. The third-order valence-electron chi connectivity index (χ3n) is 3.39. The maximum absolute atomic E-state index is 12.2. The number of hydrogen-bond donors (Lipinski definition) is 5. The predicted molar refractivity (Wildman–Crippen MR) is 84.3 cm³/mol. The van der Waals surface area contributed by atoms with Gasteiger partial charge in [-0.2, -0.15) is 0 Å². The Bertz CT molecular complexity index is 572. The first-order valence-corrected chi connectivity index (χ1v) is 7.55. The van der Waals surface area contributed by atoms with E-state index >= 15 is 0 Å². The van der Waals surface area contributed by atoms with Crippen molar-refractivity contribution in [2.24, 2.45) is 0 Å². The molecule has 8 heteroatoms. The third kappa shape index (κ3) is 6.52. The summed E-state index contributed by atoms with van der Waals surface area (Å²) in [6.07, 6.45) is 2.27. The number of unbranched alkanes of at least 4 members (excludes halogenated alkanes) is 1. The number of rotatable bonds is 9. The standard InChI is InChI=1S/C15H23N3O5/c1-2-3-6-12(18-15(22)23)14(21)17-11(9-19)8-10-5-4-7-16-13(10)20/h4-5,7,11-12,18-19H,2-3,6,8-9H2,1H3,(H,16,20)(H,17,21)(H,22,23)/t11-,12-/m0/s1. The van der Waals surface area contributed by atoms with Crippen LogP contribution in [0.1, 0.15) is 31.7 Å². The van der Waals surface area contributed by atoms with Gasteiger partial charge in [0.25, 0.3) is 5.56 Å². The fraction of sp³-hybridized carbons (Fsp3) is 0.533. The van der Waals surface area contributed by atoms with Gasteiger partial charge in [0, 0.05) is 18.2 Å². The molecule has 1 aromatic heterocycles. The van der Waals surface area contributed by atoms with E-state index in [-0.39, 0.29) is 18.6 Å². The molecule has 0 aliphatic rings. The van der Waals surface area contributed by atoms with Gasteiger partial charge in [0.1, 0.15) is 6.04 Å². The molecule has 0 bridgehead atoms. The summed E-state index contributed by atoms with van der Waals surface area (Å²) in [7, 11) is 0. The van der Waals surface area contributed by atoms with Crippen LogP contribution in [0.15, 0.2) is 23.1 Å². The molecule has 0 saturated heterocycles. The van der Waals surface area contributed by atoms with Gasteiger partial charge in [-0.25, -0.2) is 4.79 Å². The van der Waals surface area contributed by atoms with Crippen LogP contribution in [0.2, 0.25) is 0 Å². The second-order valence-electron chi connectivity index (χ2n) is 5.26. The van der Waals surface area contributed by atoms with Gasteiger partial charge in [-0.05, 0) is 12.5 Å². The molecule has 5 N–H and O–H groups in total. The van der Waals surface area contributed by atoms with E-state index in [9.17, 15) is 19.5 Å². The van der Waals surface area contributed by atoms with Crippen LogP contribution in [0.25, 0.3) is 0 Å². The fourth-order valence-electron chi connectivity index (χ4n) is 2.17. The zero-order valence-electron chi connectivity index (χ0n) is 13.0. The normalized spacial score (nSPS) is 13.1. The van der Waals surface area contributed by atoms with Gasteiger partial charge < -0.3 is 25.8 Å². The average Bonchev–Trinajstić information content (AvgIpc) is 2.52. The zero-order valence-corrected chi connectivity index (χ0v) is 13.0. The number of carbonyl (C=O) groups excluding carboxylic acids is 1. The Morgan fingerprint density at radius 2 is 2.09 bits per heavy atom. The van der Waals surface area contributed by atoms with Gasteiger partial charge >= 0.3 is 6.09 Å². The van der Waals surface area contributed by atoms with E-state index in [4.69, 9.17) is 5.11 Å². The van der Waals surface area contributed by atoms with Crippen LogP contribution in [-0.4, -0.2) is 45.9 Å². The van der Waals surface area contributed by atoms with Gasteiger partial charge in [-0.15, -0.1) is 0 Å². The van der Waals surface area contributed by atoms with E-state index in [1.165, 1.54) is 6.20 Å². The molecular formula is C15H23N3O5. The lowest BCUT2D eigenvalue weighted by Gasteiger charge is -2.21. The van der Waals surface area contributed by atoms with Gasteiger partial charge in [-0.1, -0.05) is 25.8 Å². The maximum atomic E-state index is 12.2. The van der Waals surface area contributed by atoms with Crippen molar-refractivity contribution in [3.63, 3.8) is 0 Å². The summed E-state index contributed by atoms with van der Waals surface area (Å²) in [6.45, 7) is 1.58. The SMILES string of the molecule is CCCC[C@H](NC(=O)O)C(=O)N[C@H](CO)Cc1ccc[nH]c1=O. The highest BCUT2D eigenvalue weighted by molar-refractivity contribution is 5.85. The molecule has 2 atom stereocenters. The van der Waals surface area contributed by atoms with Crippen LogP contribution in [0.5, 0.6) is 0 Å². The van der Waals surface area contributed by atoms with Crippen molar-refractivity contribution in [1.82, 2.24) is 15.6 Å². The third-order valence-corrected chi connectivity index (χ3v) is 3.39. The molecule has 8 nitrogen and oxygen atoms in total. The first-order chi connectivity index (χ1) is 11.0. The molecule has 0 aliphatic carbocycles. The lowest BCUT2D eigenvalue weighted by atomic mass is 10.1.